The molecular formula is C24H25ClN4O2S. The summed E-state index contributed by atoms with van der Waals surface area (Å²) in [7, 11) is 1.61. The van der Waals surface area contributed by atoms with Crippen LogP contribution in [-0.2, 0) is 11.3 Å². The molecular weight excluding hydrogens is 444 g/mol. The molecule has 3 atom stereocenters. The minimum atomic E-state index is -0.109. The molecule has 0 radical (unpaired) electrons. The van der Waals surface area contributed by atoms with E-state index in [4.69, 9.17) is 33.3 Å². The zero-order valence-corrected chi connectivity index (χ0v) is 19.4. The van der Waals surface area contributed by atoms with Gasteiger partial charge in [-0.15, -0.1) is 0 Å². The van der Waals surface area contributed by atoms with E-state index in [0.717, 1.165) is 43.1 Å². The molecule has 32 heavy (non-hydrogen) atoms. The van der Waals surface area contributed by atoms with Crippen molar-refractivity contribution >= 4 is 34.6 Å². The first-order chi connectivity index (χ1) is 15.7. The average molecular weight is 469 g/mol. The van der Waals surface area contributed by atoms with Crippen molar-refractivity contribution in [1.82, 2.24) is 14.9 Å². The predicted molar refractivity (Wildman–Crippen MR) is 129 cm³/mol. The summed E-state index contributed by atoms with van der Waals surface area (Å²) in [6, 6.07) is 15.7. The maximum atomic E-state index is 6.48. The molecule has 2 aliphatic rings. The average Bonchev–Trinajstić information content (AvgIpc) is 3.55. The van der Waals surface area contributed by atoms with Crippen LogP contribution in [0.5, 0.6) is 5.75 Å². The number of hydrogen-bond donors (Lipinski definition) is 1. The highest BCUT2D eigenvalue weighted by Gasteiger charge is 2.42. The van der Waals surface area contributed by atoms with Gasteiger partial charge in [0.05, 0.1) is 30.0 Å². The normalized spacial score (nSPS) is 22.9. The van der Waals surface area contributed by atoms with Crippen molar-refractivity contribution in [1.29, 1.82) is 0 Å². The van der Waals surface area contributed by atoms with E-state index in [1.54, 1.807) is 7.11 Å². The lowest BCUT2D eigenvalue weighted by Gasteiger charge is -2.29. The number of anilines is 1. The number of rotatable bonds is 6. The first-order valence-corrected chi connectivity index (χ1v) is 11.5. The van der Waals surface area contributed by atoms with Gasteiger partial charge in [-0.25, -0.2) is 0 Å². The van der Waals surface area contributed by atoms with Crippen LogP contribution in [0, 0.1) is 0 Å². The lowest BCUT2D eigenvalue weighted by atomic mass is 10.0. The monoisotopic (exact) mass is 468 g/mol. The van der Waals surface area contributed by atoms with Gasteiger partial charge in [-0.05, 0) is 67.5 Å². The molecule has 0 saturated carbocycles. The van der Waals surface area contributed by atoms with Crippen LogP contribution in [0.4, 0.5) is 5.69 Å². The molecule has 166 valence electrons. The van der Waals surface area contributed by atoms with Crippen molar-refractivity contribution in [3.05, 3.63) is 77.3 Å². The van der Waals surface area contributed by atoms with Crippen LogP contribution in [-0.4, -0.2) is 34.5 Å². The molecule has 2 aliphatic heterocycles. The van der Waals surface area contributed by atoms with Gasteiger partial charge < -0.3 is 24.3 Å². The summed E-state index contributed by atoms with van der Waals surface area (Å²) in [5.41, 5.74) is 2.99. The van der Waals surface area contributed by atoms with Gasteiger partial charge in [0.25, 0.3) is 0 Å². The minimum absolute atomic E-state index is 0.0988. The van der Waals surface area contributed by atoms with Crippen molar-refractivity contribution in [2.24, 2.45) is 0 Å². The Labute approximate surface area is 198 Å². The second kappa shape index (κ2) is 9.10. The van der Waals surface area contributed by atoms with Crippen LogP contribution in [0.15, 0.2) is 60.9 Å². The molecule has 4 heterocycles. The topological polar surface area (TPSA) is 51.5 Å². The molecule has 0 unspecified atom stereocenters. The highest BCUT2D eigenvalue weighted by molar-refractivity contribution is 7.80. The van der Waals surface area contributed by atoms with Crippen LogP contribution in [0.2, 0.25) is 5.02 Å². The van der Waals surface area contributed by atoms with Gasteiger partial charge >= 0.3 is 0 Å². The van der Waals surface area contributed by atoms with Crippen molar-refractivity contribution in [3.8, 4) is 5.75 Å². The van der Waals surface area contributed by atoms with E-state index in [1.807, 2.05) is 42.6 Å². The van der Waals surface area contributed by atoms with Gasteiger partial charge in [0, 0.05) is 36.9 Å². The van der Waals surface area contributed by atoms with Crippen LogP contribution in [0.1, 0.15) is 36.3 Å². The van der Waals surface area contributed by atoms with Crippen molar-refractivity contribution in [3.63, 3.8) is 0 Å². The fourth-order valence-electron chi connectivity index (χ4n) is 4.61. The number of hydrogen-bond acceptors (Lipinski definition) is 4. The summed E-state index contributed by atoms with van der Waals surface area (Å²) in [5.74, 6) is 0.632. The molecule has 0 spiro atoms. The number of methoxy groups -OCH3 is 1. The number of thiocarbonyl (C=S) groups is 1. The maximum absolute atomic E-state index is 6.48. The Kier molecular flexibility index (Phi) is 6.04. The highest BCUT2D eigenvalue weighted by Crippen LogP contribution is 2.43. The van der Waals surface area contributed by atoms with Gasteiger partial charge in [-0.1, -0.05) is 17.7 Å². The third-order valence-corrected chi connectivity index (χ3v) is 6.71. The number of ether oxygens (including phenoxy) is 2. The van der Waals surface area contributed by atoms with E-state index in [-0.39, 0.29) is 18.2 Å². The Balaban J connectivity index is 1.58. The van der Waals surface area contributed by atoms with Crippen molar-refractivity contribution < 1.29 is 9.47 Å². The standard InChI is InChI=1S/C24H25ClN4O2S/c1-30-21-10-9-16(14-18(21)25)29-23(22(27-24(29)32)19-7-2-3-11-26-19)20-8-4-12-28(20)15-17-6-5-13-31-17/h2-4,7-12,14,17,22-23H,5-6,13,15H2,1H3,(H,27,32)/t17-,22-,23-/m1/s1. The Morgan fingerprint density at radius 2 is 2.16 bits per heavy atom. The summed E-state index contributed by atoms with van der Waals surface area (Å²) in [4.78, 5) is 6.76. The molecule has 1 N–H and O–H groups in total. The van der Waals surface area contributed by atoms with E-state index in [1.165, 1.54) is 0 Å². The first kappa shape index (κ1) is 21.2. The van der Waals surface area contributed by atoms with Gasteiger partial charge in [0.15, 0.2) is 5.11 Å². The number of pyridine rings is 1. The third-order valence-electron chi connectivity index (χ3n) is 6.10. The zero-order chi connectivity index (χ0) is 22.1. The Morgan fingerprint density at radius 1 is 1.25 bits per heavy atom. The number of nitrogens with zero attached hydrogens (tertiary/aromatic N) is 3. The Hall–Kier alpha value is -2.61. The van der Waals surface area contributed by atoms with Gasteiger partial charge in [0.2, 0.25) is 0 Å². The number of halogens is 1. The Morgan fingerprint density at radius 3 is 2.88 bits per heavy atom. The lowest BCUT2D eigenvalue weighted by molar-refractivity contribution is 0.0961. The molecule has 0 aliphatic carbocycles. The number of benzene rings is 1. The fourth-order valence-corrected chi connectivity index (χ4v) is 5.21. The number of aromatic nitrogens is 2. The Bertz CT molecular complexity index is 1100. The van der Waals surface area contributed by atoms with E-state index in [0.29, 0.717) is 15.9 Å². The molecule has 2 aromatic heterocycles. The maximum Gasteiger partial charge on any atom is 0.174 e. The van der Waals surface area contributed by atoms with Crippen LogP contribution in [0.3, 0.4) is 0 Å². The molecule has 1 aromatic carbocycles. The molecule has 5 rings (SSSR count). The molecule has 0 bridgehead atoms. The largest absolute Gasteiger partial charge is 0.495 e. The zero-order valence-electron chi connectivity index (χ0n) is 17.8. The molecule has 2 fully saturated rings. The summed E-state index contributed by atoms with van der Waals surface area (Å²) in [5, 5.41) is 4.68. The molecule has 6 nitrogen and oxygen atoms in total. The summed E-state index contributed by atoms with van der Waals surface area (Å²) >= 11 is 12.3. The minimum Gasteiger partial charge on any atom is -0.495 e. The molecule has 8 heteroatoms. The van der Waals surface area contributed by atoms with Gasteiger partial charge in [-0.2, -0.15) is 0 Å². The summed E-state index contributed by atoms with van der Waals surface area (Å²) in [6.07, 6.45) is 6.37. The second-order valence-corrected chi connectivity index (χ2v) is 8.83. The second-order valence-electron chi connectivity index (χ2n) is 8.04. The third kappa shape index (κ3) is 3.96. The van der Waals surface area contributed by atoms with Crippen molar-refractivity contribution in [2.75, 3.05) is 18.6 Å². The summed E-state index contributed by atoms with van der Waals surface area (Å²) in [6.45, 7) is 1.65. The van der Waals surface area contributed by atoms with E-state index >= 15 is 0 Å². The smallest absolute Gasteiger partial charge is 0.174 e. The van der Waals surface area contributed by atoms with E-state index in [9.17, 15) is 0 Å². The quantitative estimate of drug-likeness (QED) is 0.519. The fraction of sp³-hybridized carbons (Fsp3) is 0.333. The highest BCUT2D eigenvalue weighted by atomic mass is 35.5. The molecule has 2 saturated heterocycles. The van der Waals surface area contributed by atoms with Crippen LogP contribution < -0.4 is 15.0 Å². The van der Waals surface area contributed by atoms with E-state index in [2.05, 4.69) is 38.1 Å². The lowest BCUT2D eigenvalue weighted by Crippen LogP contribution is -2.31. The predicted octanol–water partition coefficient (Wildman–Crippen LogP) is 4.90. The van der Waals surface area contributed by atoms with E-state index < -0.39 is 0 Å². The summed E-state index contributed by atoms with van der Waals surface area (Å²) < 4.78 is 13.5. The van der Waals surface area contributed by atoms with Gasteiger partial charge in [0.1, 0.15) is 11.8 Å². The number of nitrogens with one attached hydrogen (secondary N) is 1. The SMILES string of the molecule is COc1ccc(N2C(=S)N[C@H](c3ccccn3)[C@H]2c2cccn2C[C@H]2CCCO2)cc1Cl. The first-order valence-electron chi connectivity index (χ1n) is 10.8. The molecule has 0 amide bonds. The van der Waals surface area contributed by atoms with Crippen molar-refractivity contribution in [2.45, 2.75) is 37.6 Å². The molecule has 3 aromatic rings. The van der Waals surface area contributed by atoms with Crippen LogP contribution >= 0.6 is 23.8 Å². The van der Waals surface area contributed by atoms with Crippen LogP contribution in [0.25, 0.3) is 0 Å². The van der Waals surface area contributed by atoms with Gasteiger partial charge in [-0.3, -0.25) is 4.98 Å².